The molecule has 1 N–H and O–H groups in total. The van der Waals surface area contributed by atoms with Crippen LogP contribution in [0.15, 0.2) is 59.7 Å². The maximum atomic E-state index is 12.1. The predicted octanol–water partition coefficient (Wildman–Crippen LogP) is 4.45. The van der Waals surface area contributed by atoms with Crippen molar-refractivity contribution >= 4 is 23.7 Å². The number of hydrogen-bond acceptors (Lipinski definition) is 3. The van der Waals surface area contributed by atoms with Gasteiger partial charge in [-0.2, -0.15) is 5.10 Å². The van der Waals surface area contributed by atoms with Gasteiger partial charge in [-0.25, -0.2) is 5.43 Å². The first-order valence-corrected chi connectivity index (χ1v) is 9.25. The topological polar surface area (TPSA) is 55.6 Å². The lowest BCUT2D eigenvalue weighted by Gasteiger charge is -2.10. The van der Waals surface area contributed by atoms with Crippen LogP contribution in [0.2, 0.25) is 5.02 Å². The van der Waals surface area contributed by atoms with Gasteiger partial charge in [-0.15, -0.1) is 0 Å². The summed E-state index contributed by atoms with van der Waals surface area (Å²) in [5.41, 5.74) is 7.57. The predicted molar refractivity (Wildman–Crippen MR) is 113 cm³/mol. The van der Waals surface area contributed by atoms with Crippen molar-refractivity contribution < 1.29 is 9.53 Å². The molecule has 3 rings (SSSR count). The Hall–Kier alpha value is -3.05. The van der Waals surface area contributed by atoms with Crippen molar-refractivity contribution in [3.8, 4) is 11.4 Å². The van der Waals surface area contributed by atoms with Crippen molar-refractivity contribution in [2.24, 2.45) is 5.10 Å². The van der Waals surface area contributed by atoms with Gasteiger partial charge in [-0.05, 0) is 61.9 Å². The highest BCUT2D eigenvalue weighted by atomic mass is 35.5. The number of nitrogens with one attached hydrogen (secondary N) is 1. The molecule has 0 aliphatic heterocycles. The molecule has 0 atom stereocenters. The van der Waals surface area contributed by atoms with Crippen molar-refractivity contribution in [1.29, 1.82) is 0 Å². The highest BCUT2D eigenvalue weighted by molar-refractivity contribution is 6.30. The lowest BCUT2D eigenvalue weighted by atomic mass is 10.1. The van der Waals surface area contributed by atoms with Gasteiger partial charge < -0.3 is 9.30 Å². The number of carbonyl (C=O) groups is 1. The van der Waals surface area contributed by atoms with Gasteiger partial charge in [0.05, 0.1) is 19.7 Å². The van der Waals surface area contributed by atoms with Crippen molar-refractivity contribution in [3.05, 3.63) is 82.1 Å². The number of rotatable bonds is 6. The van der Waals surface area contributed by atoms with Crippen LogP contribution in [0, 0.1) is 13.8 Å². The standard InChI is InChI=1S/C22H22ClN3O2/c1-15-12-18(16(2)26(15)20-8-10-21(28-3)11-9-20)14-24-25-22(27)13-17-4-6-19(23)7-5-17/h4-12,14H,13H2,1-3H3,(H,25,27)/b24-14-. The Kier molecular flexibility index (Phi) is 6.16. The highest BCUT2D eigenvalue weighted by Gasteiger charge is 2.10. The fourth-order valence-corrected chi connectivity index (χ4v) is 3.17. The zero-order chi connectivity index (χ0) is 20.1. The number of hydrogen-bond donors (Lipinski definition) is 1. The number of ether oxygens (including phenoxy) is 1. The first-order chi connectivity index (χ1) is 13.5. The van der Waals surface area contributed by atoms with E-state index in [9.17, 15) is 4.79 Å². The minimum absolute atomic E-state index is 0.178. The number of amides is 1. The van der Waals surface area contributed by atoms with Crippen LogP contribution in [0.5, 0.6) is 5.75 Å². The molecule has 1 aromatic heterocycles. The summed E-state index contributed by atoms with van der Waals surface area (Å²) in [6, 6.07) is 17.1. The number of benzene rings is 2. The molecule has 5 nitrogen and oxygen atoms in total. The minimum Gasteiger partial charge on any atom is -0.497 e. The average Bonchev–Trinajstić information content (AvgIpc) is 2.97. The van der Waals surface area contributed by atoms with E-state index < -0.39 is 0 Å². The van der Waals surface area contributed by atoms with Crippen LogP contribution in [0.1, 0.15) is 22.5 Å². The molecule has 3 aromatic rings. The molecular weight excluding hydrogens is 374 g/mol. The maximum Gasteiger partial charge on any atom is 0.244 e. The highest BCUT2D eigenvalue weighted by Crippen LogP contribution is 2.22. The second-order valence-corrected chi connectivity index (χ2v) is 6.89. The summed E-state index contributed by atoms with van der Waals surface area (Å²) in [4.78, 5) is 12.1. The second kappa shape index (κ2) is 8.76. The monoisotopic (exact) mass is 395 g/mol. The summed E-state index contributed by atoms with van der Waals surface area (Å²) in [5, 5.41) is 4.76. The molecule has 2 aromatic carbocycles. The number of halogens is 1. The number of nitrogens with zero attached hydrogens (tertiary/aromatic N) is 2. The molecule has 28 heavy (non-hydrogen) atoms. The van der Waals surface area contributed by atoms with Crippen LogP contribution >= 0.6 is 11.6 Å². The second-order valence-electron chi connectivity index (χ2n) is 6.46. The molecule has 0 aliphatic carbocycles. The Labute approximate surface area is 169 Å². The third kappa shape index (κ3) is 4.61. The Morgan fingerprint density at radius 3 is 2.46 bits per heavy atom. The van der Waals surface area contributed by atoms with Crippen LogP contribution in [0.4, 0.5) is 0 Å². The molecule has 1 heterocycles. The van der Waals surface area contributed by atoms with Crippen molar-refractivity contribution in [1.82, 2.24) is 9.99 Å². The van der Waals surface area contributed by atoms with Crippen LogP contribution in [0.25, 0.3) is 5.69 Å². The molecule has 0 bridgehead atoms. The van der Waals surface area contributed by atoms with E-state index in [0.29, 0.717) is 5.02 Å². The minimum atomic E-state index is -0.178. The van der Waals surface area contributed by atoms with E-state index in [1.807, 2.05) is 56.3 Å². The Morgan fingerprint density at radius 2 is 1.82 bits per heavy atom. The van der Waals surface area contributed by atoms with Gasteiger partial charge in [-0.1, -0.05) is 23.7 Å². The van der Waals surface area contributed by atoms with Gasteiger partial charge in [0.1, 0.15) is 5.75 Å². The molecule has 1 amide bonds. The molecular formula is C22H22ClN3O2. The zero-order valence-electron chi connectivity index (χ0n) is 16.1. The van der Waals surface area contributed by atoms with Gasteiger partial charge in [0.2, 0.25) is 5.91 Å². The van der Waals surface area contributed by atoms with Crippen molar-refractivity contribution in [2.45, 2.75) is 20.3 Å². The summed E-state index contributed by atoms with van der Waals surface area (Å²) in [7, 11) is 1.65. The number of methoxy groups -OCH3 is 1. The van der Waals surface area contributed by atoms with Gasteiger partial charge in [0.15, 0.2) is 0 Å². The fourth-order valence-electron chi connectivity index (χ4n) is 3.05. The number of carbonyl (C=O) groups excluding carboxylic acids is 1. The van der Waals surface area contributed by atoms with E-state index in [2.05, 4.69) is 15.1 Å². The Balaban J connectivity index is 1.68. The Morgan fingerprint density at radius 1 is 1.14 bits per heavy atom. The first-order valence-electron chi connectivity index (χ1n) is 8.87. The number of aromatic nitrogens is 1. The molecule has 6 heteroatoms. The summed E-state index contributed by atoms with van der Waals surface area (Å²) >= 11 is 5.86. The van der Waals surface area contributed by atoms with E-state index in [4.69, 9.17) is 16.3 Å². The SMILES string of the molecule is COc1ccc(-n2c(C)cc(/C=N\NC(=O)Cc3ccc(Cl)cc3)c2C)cc1. The summed E-state index contributed by atoms with van der Waals surface area (Å²) < 4.78 is 7.35. The largest absolute Gasteiger partial charge is 0.497 e. The molecule has 0 spiro atoms. The maximum absolute atomic E-state index is 12.1. The molecule has 144 valence electrons. The van der Waals surface area contributed by atoms with Crippen LogP contribution in [-0.4, -0.2) is 23.8 Å². The quantitative estimate of drug-likeness (QED) is 0.495. The third-order valence-electron chi connectivity index (χ3n) is 4.47. The Bertz CT molecular complexity index is 990. The van der Waals surface area contributed by atoms with E-state index in [-0.39, 0.29) is 12.3 Å². The van der Waals surface area contributed by atoms with E-state index >= 15 is 0 Å². The fraction of sp³-hybridized carbons (Fsp3) is 0.182. The summed E-state index contributed by atoms with van der Waals surface area (Å²) in [6.45, 7) is 4.06. The molecule has 0 fully saturated rings. The van der Waals surface area contributed by atoms with Gasteiger partial charge in [0.25, 0.3) is 0 Å². The summed E-state index contributed by atoms with van der Waals surface area (Å²) in [6.07, 6.45) is 1.92. The lowest BCUT2D eigenvalue weighted by molar-refractivity contribution is -0.120. The smallest absolute Gasteiger partial charge is 0.244 e. The lowest BCUT2D eigenvalue weighted by Crippen LogP contribution is -2.19. The molecule has 0 aliphatic rings. The molecule has 0 radical (unpaired) electrons. The molecule has 0 saturated heterocycles. The van der Waals surface area contributed by atoms with Gasteiger partial charge in [-0.3, -0.25) is 4.79 Å². The number of aryl methyl sites for hydroxylation is 1. The van der Waals surface area contributed by atoms with Crippen LogP contribution < -0.4 is 10.2 Å². The van der Waals surface area contributed by atoms with Crippen LogP contribution in [-0.2, 0) is 11.2 Å². The van der Waals surface area contributed by atoms with Crippen molar-refractivity contribution in [3.63, 3.8) is 0 Å². The molecule has 0 unspecified atom stereocenters. The number of hydrazone groups is 1. The van der Waals surface area contributed by atoms with Gasteiger partial charge >= 0.3 is 0 Å². The van der Waals surface area contributed by atoms with E-state index in [1.165, 1.54) is 0 Å². The first kappa shape index (κ1) is 19.7. The molecule has 0 saturated carbocycles. The zero-order valence-corrected chi connectivity index (χ0v) is 16.8. The third-order valence-corrected chi connectivity index (χ3v) is 4.72. The van der Waals surface area contributed by atoms with E-state index in [0.717, 1.165) is 34.0 Å². The normalized spacial score (nSPS) is 11.0. The van der Waals surface area contributed by atoms with E-state index in [1.54, 1.807) is 25.5 Å². The van der Waals surface area contributed by atoms with Crippen LogP contribution in [0.3, 0.4) is 0 Å². The van der Waals surface area contributed by atoms with Crippen molar-refractivity contribution in [2.75, 3.05) is 7.11 Å². The average molecular weight is 396 g/mol. The summed E-state index contributed by atoms with van der Waals surface area (Å²) in [5.74, 6) is 0.638. The van der Waals surface area contributed by atoms with Gasteiger partial charge in [0, 0.05) is 27.7 Å².